The average molecular weight is 430 g/mol. The molecule has 0 radical (unpaired) electrons. The van der Waals surface area contributed by atoms with Crippen molar-refractivity contribution in [3.05, 3.63) is 35.9 Å². The lowest BCUT2D eigenvalue weighted by atomic mass is 9.73. The number of urea groups is 1. The van der Waals surface area contributed by atoms with E-state index in [1.54, 1.807) is 29.2 Å². The van der Waals surface area contributed by atoms with Crippen molar-refractivity contribution in [2.24, 2.45) is 5.92 Å². The third-order valence-electron chi connectivity index (χ3n) is 6.44. The summed E-state index contributed by atoms with van der Waals surface area (Å²) >= 11 is 0. The minimum Gasteiger partial charge on any atom is -0.446 e. The van der Waals surface area contributed by atoms with Crippen molar-refractivity contribution in [2.75, 3.05) is 19.6 Å². The number of esters is 1. The molecule has 1 aromatic carbocycles. The number of ether oxygens (including phenoxy) is 1. The van der Waals surface area contributed by atoms with Gasteiger partial charge in [-0.25, -0.2) is 4.79 Å². The number of hydrogen-bond donors (Lipinski definition) is 1. The quantitative estimate of drug-likeness (QED) is 0.531. The Morgan fingerprint density at radius 2 is 1.87 bits per heavy atom. The molecule has 1 aliphatic heterocycles. The van der Waals surface area contributed by atoms with E-state index in [-0.39, 0.29) is 17.7 Å². The molecule has 8 nitrogen and oxygen atoms in total. The second-order valence-electron chi connectivity index (χ2n) is 8.23. The van der Waals surface area contributed by atoms with Crippen LogP contribution in [0.1, 0.15) is 58.1 Å². The lowest BCUT2D eigenvalue weighted by Crippen LogP contribution is -2.54. The van der Waals surface area contributed by atoms with Gasteiger partial charge in [0.05, 0.1) is 0 Å². The molecular weight excluding hydrogens is 398 g/mol. The highest BCUT2D eigenvalue weighted by Crippen LogP contribution is 2.38. The van der Waals surface area contributed by atoms with Crippen LogP contribution in [0, 0.1) is 5.92 Å². The van der Waals surface area contributed by atoms with Gasteiger partial charge >= 0.3 is 12.0 Å². The monoisotopic (exact) mass is 429 g/mol. The van der Waals surface area contributed by atoms with Crippen molar-refractivity contribution < 1.29 is 23.9 Å². The van der Waals surface area contributed by atoms with Gasteiger partial charge in [0.2, 0.25) is 6.10 Å². The van der Waals surface area contributed by atoms with Gasteiger partial charge in [-0.3, -0.25) is 19.3 Å². The molecule has 1 saturated heterocycles. The van der Waals surface area contributed by atoms with Gasteiger partial charge < -0.3 is 15.0 Å². The standard InChI is InChI=1S/C23H31N3O5/c1-4-25(5-2)20(28)19(17-12-7-6-8-13-17)31-18(27)15-26-21(29)23(24-22(26)30)14-10-9-11-16(23)3/h6-8,12-13,16,19H,4-5,9-11,14-15H2,1-3H3,(H,24,30)/t16-,19+,23+/m0/s1. The average Bonchev–Trinajstić information content (AvgIpc) is 3.00. The van der Waals surface area contributed by atoms with Gasteiger partial charge in [0.15, 0.2) is 0 Å². The maximum Gasteiger partial charge on any atom is 0.327 e. The van der Waals surface area contributed by atoms with Crippen LogP contribution in [-0.2, 0) is 19.1 Å². The van der Waals surface area contributed by atoms with Crippen LogP contribution in [0.25, 0.3) is 0 Å². The molecule has 0 unspecified atom stereocenters. The van der Waals surface area contributed by atoms with Crippen molar-refractivity contribution >= 4 is 23.8 Å². The number of imide groups is 1. The minimum atomic E-state index is -1.13. The summed E-state index contributed by atoms with van der Waals surface area (Å²) in [6.45, 7) is 6.08. The Morgan fingerprint density at radius 1 is 1.19 bits per heavy atom. The van der Waals surface area contributed by atoms with Gasteiger partial charge in [-0.15, -0.1) is 0 Å². The molecule has 1 aromatic rings. The Balaban J connectivity index is 1.76. The van der Waals surface area contributed by atoms with Crippen LogP contribution < -0.4 is 5.32 Å². The third kappa shape index (κ3) is 4.43. The molecule has 4 amide bonds. The van der Waals surface area contributed by atoms with Crippen LogP contribution in [0.2, 0.25) is 0 Å². The zero-order chi connectivity index (χ0) is 22.6. The Morgan fingerprint density at radius 3 is 2.48 bits per heavy atom. The summed E-state index contributed by atoms with van der Waals surface area (Å²) in [6, 6.07) is 8.18. The van der Waals surface area contributed by atoms with E-state index in [9.17, 15) is 19.2 Å². The molecule has 168 valence electrons. The van der Waals surface area contributed by atoms with E-state index in [0.29, 0.717) is 25.1 Å². The number of hydrogen-bond acceptors (Lipinski definition) is 5. The molecule has 3 rings (SSSR count). The SMILES string of the molecule is CCN(CC)C(=O)[C@H](OC(=O)CN1C(=O)N[C@@]2(CCCC[C@@H]2C)C1=O)c1ccccc1. The molecule has 2 aliphatic rings. The Kier molecular flexibility index (Phi) is 6.97. The number of likely N-dealkylation sites (N-methyl/N-ethyl adjacent to an activating group) is 1. The van der Waals surface area contributed by atoms with Gasteiger partial charge in [-0.05, 0) is 32.6 Å². The van der Waals surface area contributed by atoms with Gasteiger partial charge in [0.25, 0.3) is 11.8 Å². The number of benzene rings is 1. The second kappa shape index (κ2) is 9.49. The zero-order valence-corrected chi connectivity index (χ0v) is 18.4. The summed E-state index contributed by atoms with van der Waals surface area (Å²) in [5, 5.41) is 2.82. The number of carbonyl (C=O) groups excluding carboxylic acids is 4. The lowest BCUT2D eigenvalue weighted by Gasteiger charge is -2.36. The molecule has 8 heteroatoms. The van der Waals surface area contributed by atoms with E-state index in [4.69, 9.17) is 4.74 Å². The summed E-state index contributed by atoms with van der Waals surface area (Å²) < 4.78 is 5.54. The Labute approximate surface area is 182 Å². The summed E-state index contributed by atoms with van der Waals surface area (Å²) in [5.74, 6) is -1.51. The van der Waals surface area contributed by atoms with Crippen LogP contribution in [-0.4, -0.2) is 58.8 Å². The molecule has 2 fully saturated rings. The van der Waals surface area contributed by atoms with Crippen LogP contribution in [0.15, 0.2) is 30.3 Å². The summed E-state index contributed by atoms with van der Waals surface area (Å²) in [7, 11) is 0. The van der Waals surface area contributed by atoms with Crippen molar-refractivity contribution in [1.29, 1.82) is 0 Å². The molecular formula is C23H31N3O5. The number of carbonyl (C=O) groups is 4. The minimum absolute atomic E-state index is 0.0000296. The Hall–Kier alpha value is -2.90. The first-order valence-corrected chi connectivity index (χ1v) is 11.0. The topological polar surface area (TPSA) is 96.0 Å². The van der Waals surface area contributed by atoms with Crippen LogP contribution in [0.4, 0.5) is 4.79 Å². The molecule has 1 saturated carbocycles. The molecule has 1 N–H and O–H groups in total. The molecule has 1 heterocycles. The van der Waals surface area contributed by atoms with E-state index in [1.807, 2.05) is 26.8 Å². The first-order valence-electron chi connectivity index (χ1n) is 11.0. The summed E-state index contributed by atoms with van der Waals surface area (Å²) in [5.41, 5.74) is -0.395. The summed E-state index contributed by atoms with van der Waals surface area (Å²) in [4.78, 5) is 53.9. The highest BCUT2D eigenvalue weighted by Gasteiger charge is 2.55. The molecule has 0 aromatic heterocycles. The number of amides is 4. The molecule has 31 heavy (non-hydrogen) atoms. The normalized spacial score (nSPS) is 24.1. The van der Waals surface area contributed by atoms with E-state index >= 15 is 0 Å². The van der Waals surface area contributed by atoms with E-state index < -0.39 is 30.2 Å². The molecule has 0 bridgehead atoms. The zero-order valence-electron chi connectivity index (χ0n) is 18.4. The fourth-order valence-corrected chi connectivity index (χ4v) is 4.53. The first-order chi connectivity index (χ1) is 14.8. The van der Waals surface area contributed by atoms with Gasteiger partial charge in [0, 0.05) is 18.7 Å². The highest BCUT2D eigenvalue weighted by molar-refractivity contribution is 6.09. The van der Waals surface area contributed by atoms with Crippen molar-refractivity contribution in [3.8, 4) is 0 Å². The fourth-order valence-electron chi connectivity index (χ4n) is 4.53. The van der Waals surface area contributed by atoms with Crippen LogP contribution in [0.3, 0.4) is 0 Å². The predicted molar refractivity (Wildman–Crippen MR) is 114 cm³/mol. The molecule has 3 atom stereocenters. The third-order valence-corrected chi connectivity index (χ3v) is 6.44. The van der Waals surface area contributed by atoms with Crippen molar-refractivity contribution in [2.45, 2.75) is 58.1 Å². The molecule has 1 spiro atoms. The number of nitrogens with zero attached hydrogens (tertiary/aromatic N) is 2. The van der Waals surface area contributed by atoms with Crippen LogP contribution >= 0.6 is 0 Å². The van der Waals surface area contributed by atoms with E-state index in [1.165, 1.54) is 0 Å². The van der Waals surface area contributed by atoms with Crippen molar-refractivity contribution in [3.63, 3.8) is 0 Å². The predicted octanol–water partition coefficient (Wildman–Crippen LogP) is 2.64. The molecule has 1 aliphatic carbocycles. The lowest BCUT2D eigenvalue weighted by molar-refractivity contribution is -0.162. The van der Waals surface area contributed by atoms with Crippen molar-refractivity contribution in [1.82, 2.24) is 15.1 Å². The smallest absolute Gasteiger partial charge is 0.327 e. The van der Waals surface area contributed by atoms with Gasteiger partial charge in [-0.2, -0.15) is 0 Å². The maximum absolute atomic E-state index is 13.1. The van der Waals surface area contributed by atoms with Gasteiger partial charge in [0.1, 0.15) is 12.1 Å². The number of rotatable bonds is 7. The largest absolute Gasteiger partial charge is 0.446 e. The van der Waals surface area contributed by atoms with Crippen LogP contribution in [0.5, 0.6) is 0 Å². The number of nitrogens with one attached hydrogen (secondary N) is 1. The Bertz CT molecular complexity index is 839. The fraction of sp³-hybridized carbons (Fsp3) is 0.565. The van der Waals surface area contributed by atoms with E-state index in [0.717, 1.165) is 24.2 Å². The second-order valence-corrected chi connectivity index (χ2v) is 8.23. The van der Waals surface area contributed by atoms with E-state index in [2.05, 4.69) is 5.32 Å². The van der Waals surface area contributed by atoms with Gasteiger partial charge in [-0.1, -0.05) is 50.1 Å². The maximum atomic E-state index is 13.1. The summed E-state index contributed by atoms with van der Waals surface area (Å²) in [6.07, 6.45) is 2.15. The highest BCUT2D eigenvalue weighted by atomic mass is 16.5. The first kappa shape index (κ1) is 22.8.